The van der Waals surface area contributed by atoms with E-state index in [0.717, 1.165) is 19.5 Å². The SMILES string of the molecule is O=C(O)COCC(=O)N1CCCNCC1. The Bertz CT molecular complexity index is 224. The van der Waals surface area contributed by atoms with E-state index in [1.165, 1.54) is 0 Å². The molecule has 1 heterocycles. The van der Waals surface area contributed by atoms with Crippen molar-refractivity contribution in [3.63, 3.8) is 0 Å². The number of rotatable bonds is 4. The van der Waals surface area contributed by atoms with Crippen LogP contribution in [0.2, 0.25) is 0 Å². The molecule has 0 aliphatic carbocycles. The minimum atomic E-state index is -1.06. The molecule has 0 radical (unpaired) electrons. The van der Waals surface area contributed by atoms with Gasteiger partial charge < -0.3 is 20.1 Å². The third kappa shape index (κ3) is 4.75. The zero-order chi connectivity index (χ0) is 11.1. The number of carbonyl (C=O) groups is 2. The predicted molar refractivity (Wildman–Crippen MR) is 52.5 cm³/mol. The van der Waals surface area contributed by atoms with Gasteiger partial charge in [-0.2, -0.15) is 0 Å². The van der Waals surface area contributed by atoms with Crippen molar-refractivity contribution in [1.82, 2.24) is 10.2 Å². The Morgan fingerprint density at radius 2 is 2.07 bits per heavy atom. The van der Waals surface area contributed by atoms with E-state index in [-0.39, 0.29) is 12.5 Å². The highest BCUT2D eigenvalue weighted by atomic mass is 16.5. The Morgan fingerprint density at radius 1 is 1.27 bits per heavy atom. The van der Waals surface area contributed by atoms with Crippen LogP contribution in [0.1, 0.15) is 6.42 Å². The second kappa shape index (κ2) is 6.36. The van der Waals surface area contributed by atoms with E-state index in [9.17, 15) is 9.59 Å². The Balaban J connectivity index is 2.22. The first-order chi connectivity index (χ1) is 7.20. The number of carboxylic acid groups (broad SMARTS) is 1. The highest BCUT2D eigenvalue weighted by molar-refractivity contribution is 5.78. The summed E-state index contributed by atoms with van der Waals surface area (Å²) < 4.78 is 4.74. The first-order valence-corrected chi connectivity index (χ1v) is 4.98. The smallest absolute Gasteiger partial charge is 0.329 e. The van der Waals surface area contributed by atoms with Gasteiger partial charge in [-0.15, -0.1) is 0 Å². The Kier molecular flexibility index (Phi) is 5.06. The standard InChI is InChI=1S/C9H16N2O4/c12-8(6-15-7-9(13)14)11-4-1-2-10-3-5-11/h10H,1-7H2,(H,13,14). The van der Waals surface area contributed by atoms with Crippen LogP contribution < -0.4 is 5.32 Å². The van der Waals surface area contributed by atoms with Crippen LogP contribution >= 0.6 is 0 Å². The number of carboxylic acids is 1. The molecular formula is C9H16N2O4. The average molecular weight is 216 g/mol. The minimum absolute atomic E-state index is 0.139. The van der Waals surface area contributed by atoms with Gasteiger partial charge in [-0.3, -0.25) is 4.79 Å². The number of nitrogens with zero attached hydrogens (tertiary/aromatic N) is 1. The van der Waals surface area contributed by atoms with Gasteiger partial charge in [-0.05, 0) is 13.0 Å². The van der Waals surface area contributed by atoms with Crippen LogP contribution in [-0.4, -0.2) is 61.3 Å². The molecule has 0 aromatic carbocycles. The number of hydrogen-bond acceptors (Lipinski definition) is 4. The second-order valence-corrected chi connectivity index (χ2v) is 3.37. The minimum Gasteiger partial charge on any atom is -0.480 e. The van der Waals surface area contributed by atoms with E-state index in [1.54, 1.807) is 4.90 Å². The van der Waals surface area contributed by atoms with Crippen LogP contribution in [0, 0.1) is 0 Å². The molecule has 0 bridgehead atoms. The van der Waals surface area contributed by atoms with E-state index >= 15 is 0 Å². The quantitative estimate of drug-likeness (QED) is 0.624. The first-order valence-electron chi connectivity index (χ1n) is 4.98. The molecule has 1 fully saturated rings. The Hall–Kier alpha value is -1.14. The number of hydrogen-bond donors (Lipinski definition) is 2. The summed E-state index contributed by atoms with van der Waals surface area (Å²) in [7, 11) is 0. The van der Waals surface area contributed by atoms with E-state index < -0.39 is 12.6 Å². The van der Waals surface area contributed by atoms with Crippen molar-refractivity contribution in [3.8, 4) is 0 Å². The molecule has 1 aliphatic rings. The monoisotopic (exact) mass is 216 g/mol. The van der Waals surface area contributed by atoms with Crippen LogP contribution in [0.5, 0.6) is 0 Å². The third-order valence-corrected chi connectivity index (χ3v) is 2.14. The highest BCUT2D eigenvalue weighted by Gasteiger charge is 2.15. The van der Waals surface area contributed by atoms with Crippen molar-refractivity contribution >= 4 is 11.9 Å². The van der Waals surface area contributed by atoms with Crippen LogP contribution in [0.4, 0.5) is 0 Å². The Labute approximate surface area is 88.2 Å². The van der Waals surface area contributed by atoms with E-state index in [4.69, 9.17) is 9.84 Å². The lowest BCUT2D eigenvalue weighted by atomic mass is 10.4. The topological polar surface area (TPSA) is 78.9 Å². The van der Waals surface area contributed by atoms with Gasteiger partial charge in [0.15, 0.2) is 0 Å². The first kappa shape index (κ1) is 11.9. The molecule has 0 spiro atoms. The van der Waals surface area contributed by atoms with Crippen molar-refractivity contribution in [3.05, 3.63) is 0 Å². The average Bonchev–Trinajstić information content (AvgIpc) is 2.44. The zero-order valence-corrected chi connectivity index (χ0v) is 8.57. The molecule has 0 aromatic rings. The zero-order valence-electron chi connectivity index (χ0n) is 8.57. The van der Waals surface area contributed by atoms with E-state index in [0.29, 0.717) is 13.1 Å². The summed E-state index contributed by atoms with van der Waals surface area (Å²) in [5.74, 6) is -1.19. The summed E-state index contributed by atoms with van der Waals surface area (Å²) >= 11 is 0. The van der Waals surface area contributed by atoms with Gasteiger partial charge in [-0.25, -0.2) is 4.79 Å². The van der Waals surface area contributed by atoms with E-state index in [2.05, 4.69) is 5.32 Å². The molecule has 6 heteroatoms. The molecule has 0 saturated carbocycles. The van der Waals surface area contributed by atoms with Gasteiger partial charge in [-0.1, -0.05) is 0 Å². The van der Waals surface area contributed by atoms with Crippen LogP contribution in [-0.2, 0) is 14.3 Å². The van der Waals surface area contributed by atoms with Crippen LogP contribution in [0.15, 0.2) is 0 Å². The largest absolute Gasteiger partial charge is 0.480 e. The molecule has 1 aliphatic heterocycles. The molecule has 1 rings (SSSR count). The lowest BCUT2D eigenvalue weighted by Crippen LogP contribution is -2.37. The van der Waals surface area contributed by atoms with Crippen LogP contribution in [0.3, 0.4) is 0 Å². The number of nitrogens with one attached hydrogen (secondary N) is 1. The number of ether oxygens (including phenoxy) is 1. The fourth-order valence-corrected chi connectivity index (χ4v) is 1.41. The molecule has 2 N–H and O–H groups in total. The lowest BCUT2D eigenvalue weighted by molar-refractivity contribution is -0.145. The molecule has 0 aromatic heterocycles. The maximum atomic E-state index is 11.5. The predicted octanol–water partition coefficient (Wildman–Crippen LogP) is -1.09. The molecule has 86 valence electrons. The normalized spacial score (nSPS) is 17.2. The molecule has 6 nitrogen and oxygen atoms in total. The van der Waals surface area contributed by atoms with Gasteiger partial charge >= 0.3 is 5.97 Å². The maximum absolute atomic E-state index is 11.5. The van der Waals surface area contributed by atoms with Crippen molar-refractivity contribution in [2.75, 3.05) is 39.4 Å². The maximum Gasteiger partial charge on any atom is 0.329 e. The van der Waals surface area contributed by atoms with Gasteiger partial charge in [0.25, 0.3) is 0 Å². The van der Waals surface area contributed by atoms with Crippen molar-refractivity contribution in [2.45, 2.75) is 6.42 Å². The van der Waals surface area contributed by atoms with Gasteiger partial charge in [0, 0.05) is 19.6 Å². The van der Waals surface area contributed by atoms with Crippen molar-refractivity contribution in [2.24, 2.45) is 0 Å². The summed E-state index contributed by atoms with van der Waals surface area (Å²) in [6.07, 6.45) is 0.921. The molecular weight excluding hydrogens is 200 g/mol. The summed E-state index contributed by atoms with van der Waals surface area (Å²) in [5, 5.41) is 11.5. The van der Waals surface area contributed by atoms with Gasteiger partial charge in [0.05, 0.1) is 0 Å². The molecule has 1 amide bonds. The lowest BCUT2D eigenvalue weighted by Gasteiger charge is -2.19. The summed E-state index contributed by atoms with van der Waals surface area (Å²) in [6.45, 7) is 2.51. The second-order valence-electron chi connectivity index (χ2n) is 3.37. The highest BCUT2D eigenvalue weighted by Crippen LogP contribution is 1.96. The Morgan fingerprint density at radius 3 is 2.80 bits per heavy atom. The van der Waals surface area contributed by atoms with Gasteiger partial charge in [0.2, 0.25) is 5.91 Å². The molecule has 1 saturated heterocycles. The van der Waals surface area contributed by atoms with Crippen LogP contribution in [0.25, 0.3) is 0 Å². The number of amides is 1. The van der Waals surface area contributed by atoms with Crippen molar-refractivity contribution < 1.29 is 19.4 Å². The number of carbonyl (C=O) groups excluding carboxylic acids is 1. The molecule has 15 heavy (non-hydrogen) atoms. The van der Waals surface area contributed by atoms with Gasteiger partial charge in [0.1, 0.15) is 13.2 Å². The van der Waals surface area contributed by atoms with Crippen molar-refractivity contribution in [1.29, 1.82) is 0 Å². The third-order valence-electron chi connectivity index (χ3n) is 2.14. The molecule has 0 atom stereocenters. The fourth-order valence-electron chi connectivity index (χ4n) is 1.41. The summed E-state index contributed by atoms with van der Waals surface area (Å²) in [5.41, 5.74) is 0. The fraction of sp³-hybridized carbons (Fsp3) is 0.778. The summed E-state index contributed by atoms with van der Waals surface area (Å²) in [4.78, 5) is 23.4. The van der Waals surface area contributed by atoms with E-state index in [1.807, 2.05) is 0 Å². The molecule has 0 unspecified atom stereocenters. The summed E-state index contributed by atoms with van der Waals surface area (Å²) in [6, 6.07) is 0. The number of aliphatic carboxylic acids is 1.